The van der Waals surface area contributed by atoms with Crippen molar-refractivity contribution in [3.63, 3.8) is 0 Å². The molecule has 1 aromatic carbocycles. The van der Waals surface area contributed by atoms with E-state index in [9.17, 15) is 14.9 Å². The number of halogens is 1. The van der Waals surface area contributed by atoms with Crippen molar-refractivity contribution < 1.29 is 14.5 Å². The SMILES string of the molecule is CCOC(=O)N1CCN(c2ccc([N+](=O)[O-])c(N=C(N)CCl)c2)CC1. The van der Waals surface area contributed by atoms with Crippen LogP contribution in [0.2, 0.25) is 0 Å². The lowest BCUT2D eigenvalue weighted by Gasteiger charge is -2.35. The molecule has 136 valence electrons. The average Bonchev–Trinajstić information content (AvgIpc) is 2.61. The van der Waals surface area contributed by atoms with E-state index in [1.807, 2.05) is 4.90 Å². The van der Waals surface area contributed by atoms with Crippen molar-refractivity contribution in [1.82, 2.24) is 4.90 Å². The molecule has 9 nitrogen and oxygen atoms in total. The number of carbonyl (C=O) groups excluding carboxylic acids is 1. The highest BCUT2D eigenvalue weighted by atomic mass is 35.5. The first-order valence-electron chi connectivity index (χ1n) is 7.80. The van der Waals surface area contributed by atoms with E-state index in [0.717, 1.165) is 5.69 Å². The second-order valence-electron chi connectivity index (χ2n) is 5.34. The molecular weight excluding hydrogens is 350 g/mol. The summed E-state index contributed by atoms with van der Waals surface area (Å²) in [6.07, 6.45) is -0.328. The van der Waals surface area contributed by atoms with Crippen LogP contribution in [0.15, 0.2) is 23.2 Å². The average molecular weight is 370 g/mol. The highest BCUT2D eigenvalue weighted by Gasteiger charge is 2.23. The van der Waals surface area contributed by atoms with E-state index in [4.69, 9.17) is 22.1 Å². The van der Waals surface area contributed by atoms with Gasteiger partial charge in [0.15, 0.2) is 0 Å². The van der Waals surface area contributed by atoms with Crippen LogP contribution in [0.5, 0.6) is 0 Å². The molecule has 1 aliphatic rings. The van der Waals surface area contributed by atoms with Crippen LogP contribution in [0.1, 0.15) is 6.92 Å². The first-order chi connectivity index (χ1) is 12.0. The minimum absolute atomic E-state index is 0.0143. The maximum absolute atomic E-state index is 11.7. The summed E-state index contributed by atoms with van der Waals surface area (Å²) < 4.78 is 4.99. The fourth-order valence-corrected chi connectivity index (χ4v) is 2.56. The smallest absolute Gasteiger partial charge is 0.409 e. The molecule has 0 radical (unpaired) electrons. The molecule has 10 heteroatoms. The first kappa shape index (κ1) is 18.8. The number of nitrogens with two attached hydrogens (primary N) is 1. The van der Waals surface area contributed by atoms with Gasteiger partial charge >= 0.3 is 6.09 Å². The zero-order valence-corrected chi connectivity index (χ0v) is 14.6. The molecule has 1 heterocycles. The topological polar surface area (TPSA) is 114 Å². The lowest BCUT2D eigenvalue weighted by molar-refractivity contribution is -0.384. The number of carbonyl (C=O) groups is 1. The highest BCUT2D eigenvalue weighted by molar-refractivity contribution is 6.28. The molecule has 2 N–H and O–H groups in total. The van der Waals surface area contributed by atoms with Crippen LogP contribution in [0.3, 0.4) is 0 Å². The predicted molar refractivity (Wildman–Crippen MR) is 95.9 cm³/mol. The molecule has 0 saturated carbocycles. The Hall–Kier alpha value is -2.55. The van der Waals surface area contributed by atoms with Crippen molar-refractivity contribution in [1.29, 1.82) is 0 Å². The molecule has 0 atom stereocenters. The van der Waals surface area contributed by atoms with E-state index >= 15 is 0 Å². The van der Waals surface area contributed by atoms with Gasteiger partial charge in [-0.15, -0.1) is 11.6 Å². The van der Waals surface area contributed by atoms with Crippen LogP contribution in [0, 0.1) is 10.1 Å². The number of ether oxygens (including phenoxy) is 1. The molecule has 1 amide bonds. The van der Waals surface area contributed by atoms with Crippen molar-refractivity contribution in [3.05, 3.63) is 28.3 Å². The van der Waals surface area contributed by atoms with E-state index in [-0.39, 0.29) is 29.2 Å². The Labute approximate surface area is 150 Å². The third-order valence-corrected chi connectivity index (χ3v) is 4.00. The van der Waals surface area contributed by atoms with Crippen LogP contribution < -0.4 is 10.6 Å². The Bertz CT molecular complexity index is 674. The summed E-state index contributed by atoms with van der Waals surface area (Å²) in [5, 5.41) is 11.1. The second-order valence-corrected chi connectivity index (χ2v) is 5.61. The van der Waals surface area contributed by atoms with Crippen molar-refractivity contribution in [2.24, 2.45) is 10.7 Å². The van der Waals surface area contributed by atoms with Crippen molar-refractivity contribution in [3.8, 4) is 0 Å². The zero-order chi connectivity index (χ0) is 18.4. The van der Waals surface area contributed by atoms with Gasteiger partial charge in [0.05, 0.1) is 17.4 Å². The Balaban J connectivity index is 2.17. The molecule has 1 aromatic rings. The monoisotopic (exact) mass is 369 g/mol. The summed E-state index contributed by atoms with van der Waals surface area (Å²) in [7, 11) is 0. The number of nitrogens with zero attached hydrogens (tertiary/aromatic N) is 4. The van der Waals surface area contributed by atoms with Gasteiger partial charge < -0.3 is 20.3 Å². The summed E-state index contributed by atoms with van der Waals surface area (Å²) >= 11 is 5.61. The Kier molecular flexibility index (Phi) is 6.40. The number of anilines is 1. The second kappa shape index (κ2) is 8.52. The van der Waals surface area contributed by atoms with Gasteiger partial charge in [-0.3, -0.25) is 10.1 Å². The molecule has 0 aliphatic carbocycles. The fourth-order valence-electron chi connectivity index (χ4n) is 2.50. The van der Waals surface area contributed by atoms with E-state index < -0.39 is 4.92 Å². The molecular formula is C15H20ClN5O4. The van der Waals surface area contributed by atoms with Gasteiger partial charge in [-0.2, -0.15) is 0 Å². The lowest BCUT2D eigenvalue weighted by atomic mass is 10.2. The number of hydrogen-bond acceptors (Lipinski definition) is 6. The van der Waals surface area contributed by atoms with Crippen LogP contribution in [-0.4, -0.2) is 60.4 Å². The normalized spacial score (nSPS) is 15.2. The van der Waals surface area contributed by atoms with Crippen LogP contribution in [0.25, 0.3) is 0 Å². The van der Waals surface area contributed by atoms with E-state index in [0.29, 0.717) is 32.8 Å². The van der Waals surface area contributed by atoms with E-state index in [2.05, 4.69) is 4.99 Å². The minimum Gasteiger partial charge on any atom is -0.450 e. The van der Waals surface area contributed by atoms with Crippen molar-refractivity contribution >= 4 is 40.6 Å². The first-order valence-corrected chi connectivity index (χ1v) is 8.33. The largest absolute Gasteiger partial charge is 0.450 e. The molecule has 25 heavy (non-hydrogen) atoms. The van der Waals surface area contributed by atoms with Gasteiger partial charge in [0.2, 0.25) is 0 Å². The third kappa shape index (κ3) is 4.72. The van der Waals surface area contributed by atoms with Gasteiger partial charge in [0.1, 0.15) is 11.5 Å². The number of piperazine rings is 1. The number of rotatable bonds is 5. The quantitative estimate of drug-likeness (QED) is 0.279. The number of amides is 1. The van der Waals surface area contributed by atoms with E-state index in [1.54, 1.807) is 24.0 Å². The molecule has 1 aliphatic heterocycles. The van der Waals surface area contributed by atoms with Crippen LogP contribution in [-0.2, 0) is 4.74 Å². The molecule has 0 aromatic heterocycles. The fraction of sp³-hybridized carbons (Fsp3) is 0.467. The summed E-state index contributed by atoms with van der Waals surface area (Å²) in [4.78, 5) is 30.1. The Morgan fingerprint density at radius 2 is 2.08 bits per heavy atom. The Morgan fingerprint density at radius 1 is 1.40 bits per heavy atom. The number of alkyl halides is 1. The number of nitro benzene ring substituents is 1. The molecule has 0 spiro atoms. The van der Waals surface area contributed by atoms with Crippen molar-refractivity contribution in [2.75, 3.05) is 43.6 Å². The number of aliphatic imine (C=N–C) groups is 1. The lowest BCUT2D eigenvalue weighted by Crippen LogP contribution is -2.49. The minimum atomic E-state index is -0.511. The molecule has 2 rings (SSSR count). The number of amidine groups is 1. The predicted octanol–water partition coefficient (Wildman–Crippen LogP) is 2.10. The molecule has 1 saturated heterocycles. The summed E-state index contributed by atoms with van der Waals surface area (Å²) in [5.41, 5.74) is 6.40. The maximum Gasteiger partial charge on any atom is 0.409 e. The maximum atomic E-state index is 11.7. The molecule has 1 fully saturated rings. The molecule has 0 bridgehead atoms. The van der Waals surface area contributed by atoms with Crippen molar-refractivity contribution in [2.45, 2.75) is 6.92 Å². The van der Waals surface area contributed by atoms with E-state index in [1.165, 1.54) is 6.07 Å². The molecule has 0 unspecified atom stereocenters. The van der Waals surface area contributed by atoms with Gasteiger partial charge in [0.25, 0.3) is 5.69 Å². The van der Waals surface area contributed by atoms with Crippen LogP contribution >= 0.6 is 11.6 Å². The summed E-state index contributed by atoms with van der Waals surface area (Å²) in [6, 6.07) is 4.67. The standard InChI is InChI=1S/C15H20ClN5O4/c1-2-25-15(22)20-7-5-19(6-8-20)11-3-4-13(21(23)24)12(9-11)18-14(17)10-16/h3-4,9H,2,5-8,10H2,1H3,(H2,17,18). The van der Waals surface area contributed by atoms with Gasteiger partial charge in [0, 0.05) is 37.9 Å². The Morgan fingerprint density at radius 3 is 2.64 bits per heavy atom. The van der Waals surface area contributed by atoms with Gasteiger partial charge in [-0.05, 0) is 19.1 Å². The number of benzene rings is 1. The zero-order valence-electron chi connectivity index (χ0n) is 13.9. The summed E-state index contributed by atoms with van der Waals surface area (Å²) in [6.45, 7) is 4.30. The number of nitro groups is 1. The van der Waals surface area contributed by atoms with Gasteiger partial charge in [-0.1, -0.05) is 0 Å². The van der Waals surface area contributed by atoms with Crippen LogP contribution in [0.4, 0.5) is 21.9 Å². The summed E-state index contributed by atoms with van der Waals surface area (Å²) in [5.74, 6) is 0.0913. The third-order valence-electron chi connectivity index (χ3n) is 3.73. The number of hydrogen-bond donors (Lipinski definition) is 1. The highest BCUT2D eigenvalue weighted by Crippen LogP contribution is 2.32. The van der Waals surface area contributed by atoms with Gasteiger partial charge in [-0.25, -0.2) is 9.79 Å².